The highest BCUT2D eigenvalue weighted by Crippen LogP contribution is 2.38. The summed E-state index contributed by atoms with van der Waals surface area (Å²) in [4.78, 5) is 25.7. The van der Waals surface area contributed by atoms with Crippen LogP contribution in [0.2, 0.25) is 5.02 Å². The van der Waals surface area contributed by atoms with E-state index in [1.807, 2.05) is 30.3 Å². The monoisotopic (exact) mass is 478 g/mol. The van der Waals surface area contributed by atoms with Crippen LogP contribution in [0.25, 0.3) is 0 Å². The third-order valence-electron chi connectivity index (χ3n) is 5.40. The summed E-state index contributed by atoms with van der Waals surface area (Å²) < 4.78 is 33.2. The summed E-state index contributed by atoms with van der Waals surface area (Å²) in [7, 11) is -3.91. The van der Waals surface area contributed by atoms with Gasteiger partial charge in [0.15, 0.2) is 6.10 Å². The Bertz CT molecular complexity index is 1130. The first-order valence-electron chi connectivity index (χ1n) is 10.1. The summed E-state index contributed by atoms with van der Waals surface area (Å²) in [6, 6.07) is 12.0. The van der Waals surface area contributed by atoms with Crippen LogP contribution in [0.4, 0.5) is 10.5 Å². The molecule has 2 N–H and O–H groups in total. The Morgan fingerprint density at radius 2 is 1.88 bits per heavy atom. The van der Waals surface area contributed by atoms with Crippen LogP contribution in [-0.2, 0) is 21.4 Å². The van der Waals surface area contributed by atoms with E-state index in [2.05, 4.69) is 10.6 Å². The largest absolute Gasteiger partial charge is 0.479 e. The highest BCUT2D eigenvalue weighted by Gasteiger charge is 2.34. The number of hydrogen-bond donors (Lipinski definition) is 2. The second-order valence-electron chi connectivity index (χ2n) is 7.56. The van der Waals surface area contributed by atoms with E-state index >= 15 is 0 Å². The van der Waals surface area contributed by atoms with Gasteiger partial charge < -0.3 is 20.3 Å². The summed E-state index contributed by atoms with van der Waals surface area (Å²) >= 11 is 6.24. The molecule has 0 aromatic heterocycles. The van der Waals surface area contributed by atoms with Gasteiger partial charge in [0.25, 0.3) is 5.91 Å². The Morgan fingerprint density at radius 3 is 2.56 bits per heavy atom. The van der Waals surface area contributed by atoms with Gasteiger partial charge in [0.05, 0.1) is 10.7 Å². The van der Waals surface area contributed by atoms with Gasteiger partial charge in [-0.3, -0.25) is 4.79 Å². The van der Waals surface area contributed by atoms with Crippen molar-refractivity contribution in [1.82, 2.24) is 14.5 Å². The van der Waals surface area contributed by atoms with Gasteiger partial charge in [-0.2, -0.15) is 4.31 Å². The van der Waals surface area contributed by atoms with E-state index in [9.17, 15) is 18.0 Å². The van der Waals surface area contributed by atoms with Crippen LogP contribution in [0.3, 0.4) is 0 Å². The molecule has 2 aliphatic rings. The topological polar surface area (TPSA) is 108 Å². The number of urea groups is 1. The molecule has 2 heterocycles. The van der Waals surface area contributed by atoms with Gasteiger partial charge in [-0.15, -0.1) is 0 Å². The van der Waals surface area contributed by atoms with Gasteiger partial charge in [0, 0.05) is 38.8 Å². The lowest BCUT2D eigenvalue weighted by Gasteiger charge is -2.34. The molecule has 0 radical (unpaired) electrons. The van der Waals surface area contributed by atoms with Crippen LogP contribution in [0.1, 0.15) is 12.5 Å². The van der Waals surface area contributed by atoms with Crippen molar-refractivity contribution >= 4 is 39.2 Å². The third-order valence-corrected chi connectivity index (χ3v) is 7.76. The van der Waals surface area contributed by atoms with Gasteiger partial charge in [-0.05, 0) is 18.6 Å². The minimum Gasteiger partial charge on any atom is -0.479 e. The average molecular weight is 479 g/mol. The smallest absolute Gasteiger partial charge is 0.317 e. The van der Waals surface area contributed by atoms with Crippen molar-refractivity contribution in [1.29, 1.82) is 0 Å². The number of amides is 3. The number of hydrogen-bond acceptors (Lipinski definition) is 5. The lowest BCUT2D eigenvalue weighted by molar-refractivity contribution is -0.122. The summed E-state index contributed by atoms with van der Waals surface area (Å²) in [5.74, 6) is -0.0789. The fourth-order valence-electron chi connectivity index (χ4n) is 3.56. The van der Waals surface area contributed by atoms with Gasteiger partial charge in [-0.1, -0.05) is 41.9 Å². The lowest BCUT2D eigenvalue weighted by atomic mass is 10.2. The number of anilines is 1. The summed E-state index contributed by atoms with van der Waals surface area (Å²) in [6.07, 6.45) is -0.739. The second-order valence-corrected chi connectivity index (χ2v) is 9.88. The van der Waals surface area contributed by atoms with Gasteiger partial charge in [-0.25, -0.2) is 13.2 Å². The molecule has 9 nitrogen and oxygen atoms in total. The molecule has 170 valence electrons. The summed E-state index contributed by atoms with van der Waals surface area (Å²) in [5, 5.41) is 5.49. The van der Waals surface area contributed by atoms with Crippen molar-refractivity contribution in [2.45, 2.75) is 24.5 Å². The zero-order valence-electron chi connectivity index (χ0n) is 17.4. The number of rotatable bonds is 4. The maximum atomic E-state index is 13.2. The van der Waals surface area contributed by atoms with E-state index in [1.54, 1.807) is 11.8 Å². The molecule has 11 heteroatoms. The molecule has 32 heavy (non-hydrogen) atoms. The Labute approximate surface area is 191 Å². The second kappa shape index (κ2) is 8.97. The number of fused-ring (bicyclic) bond motifs is 1. The molecule has 1 fully saturated rings. The number of benzene rings is 2. The molecule has 2 aromatic rings. The Kier molecular flexibility index (Phi) is 6.27. The maximum absolute atomic E-state index is 13.2. The molecule has 0 bridgehead atoms. The van der Waals surface area contributed by atoms with Crippen molar-refractivity contribution in [3.63, 3.8) is 0 Å². The molecular formula is C21H23ClN4O5S. The van der Waals surface area contributed by atoms with E-state index in [0.29, 0.717) is 12.2 Å². The average Bonchev–Trinajstić information content (AvgIpc) is 2.79. The predicted molar refractivity (Wildman–Crippen MR) is 119 cm³/mol. The predicted octanol–water partition coefficient (Wildman–Crippen LogP) is 2.28. The molecule has 0 saturated carbocycles. The normalized spacial score (nSPS) is 19.0. The number of nitrogens with one attached hydrogen (secondary N) is 2. The standard InChI is InChI=1S/C21H23ClN4O5S/c1-14-20(27)24-17-11-16(22)19(12-18(17)31-14)32(29,30)26-9-7-25(8-10-26)21(28)23-13-15-5-3-2-4-6-15/h2-6,11-12,14H,7-10,13H2,1H3,(H,23,28)(H,24,27). The van der Waals surface area contributed by atoms with Crippen LogP contribution in [0, 0.1) is 0 Å². The Morgan fingerprint density at radius 1 is 1.19 bits per heavy atom. The molecule has 1 atom stereocenters. The zero-order valence-corrected chi connectivity index (χ0v) is 18.9. The van der Waals surface area contributed by atoms with Crippen LogP contribution < -0.4 is 15.4 Å². The first kappa shape index (κ1) is 22.4. The van der Waals surface area contributed by atoms with E-state index in [4.69, 9.17) is 16.3 Å². The molecule has 4 rings (SSSR count). The number of carbonyl (C=O) groups excluding carboxylic acids is 2. The van der Waals surface area contributed by atoms with Gasteiger partial charge in [0.1, 0.15) is 10.6 Å². The first-order chi connectivity index (χ1) is 15.3. The van der Waals surface area contributed by atoms with Crippen molar-refractivity contribution in [2.75, 3.05) is 31.5 Å². The van der Waals surface area contributed by atoms with Crippen LogP contribution in [0.15, 0.2) is 47.4 Å². The van der Waals surface area contributed by atoms with E-state index in [-0.39, 0.29) is 53.8 Å². The van der Waals surface area contributed by atoms with Gasteiger partial charge >= 0.3 is 6.03 Å². The number of piperazine rings is 1. The number of sulfonamides is 1. The minimum absolute atomic E-state index is 0.00904. The fraction of sp³-hybridized carbons (Fsp3) is 0.333. The Balaban J connectivity index is 1.41. The molecule has 0 aliphatic carbocycles. The Hall–Kier alpha value is -2.82. The van der Waals surface area contributed by atoms with Crippen molar-refractivity contribution in [2.24, 2.45) is 0 Å². The van der Waals surface area contributed by atoms with E-state index in [1.165, 1.54) is 16.4 Å². The van der Waals surface area contributed by atoms with Crippen molar-refractivity contribution in [3.8, 4) is 5.75 Å². The molecule has 2 aliphatic heterocycles. The number of nitrogens with zero attached hydrogens (tertiary/aromatic N) is 2. The van der Waals surface area contributed by atoms with Crippen LogP contribution in [-0.4, -0.2) is 61.8 Å². The van der Waals surface area contributed by atoms with Crippen molar-refractivity contribution < 1.29 is 22.7 Å². The number of carbonyl (C=O) groups is 2. The molecule has 3 amide bonds. The SMILES string of the molecule is CC1Oc2cc(S(=O)(=O)N3CCN(C(=O)NCc4ccccc4)CC3)c(Cl)cc2NC1=O. The highest BCUT2D eigenvalue weighted by molar-refractivity contribution is 7.89. The minimum atomic E-state index is -3.91. The van der Waals surface area contributed by atoms with Crippen LogP contribution in [0.5, 0.6) is 5.75 Å². The molecule has 1 saturated heterocycles. The third kappa shape index (κ3) is 4.52. The summed E-state index contributed by atoms with van der Waals surface area (Å²) in [5.41, 5.74) is 1.31. The summed E-state index contributed by atoms with van der Waals surface area (Å²) in [6.45, 7) is 2.77. The number of halogens is 1. The molecule has 2 aromatic carbocycles. The zero-order chi connectivity index (χ0) is 22.9. The van der Waals surface area contributed by atoms with E-state index in [0.717, 1.165) is 5.56 Å². The van der Waals surface area contributed by atoms with E-state index < -0.39 is 16.1 Å². The molecule has 1 unspecified atom stereocenters. The van der Waals surface area contributed by atoms with Crippen molar-refractivity contribution in [3.05, 3.63) is 53.1 Å². The quantitative estimate of drug-likeness (QED) is 0.700. The molecular weight excluding hydrogens is 456 g/mol. The lowest BCUT2D eigenvalue weighted by Crippen LogP contribution is -2.53. The molecule has 0 spiro atoms. The number of ether oxygens (including phenoxy) is 1. The fourth-order valence-corrected chi connectivity index (χ4v) is 5.50. The maximum Gasteiger partial charge on any atom is 0.317 e. The van der Waals surface area contributed by atoms with Gasteiger partial charge in [0.2, 0.25) is 10.0 Å². The highest BCUT2D eigenvalue weighted by atomic mass is 35.5. The first-order valence-corrected chi connectivity index (χ1v) is 12.0. The van der Waals surface area contributed by atoms with Crippen LogP contribution >= 0.6 is 11.6 Å².